The SMILES string of the molecule is C1=CC(Cc2ccccc2)(Cc2ccccc2)CCC1. The van der Waals surface area contributed by atoms with Gasteiger partial charge in [0.1, 0.15) is 0 Å². The topological polar surface area (TPSA) is 0 Å². The highest BCUT2D eigenvalue weighted by Gasteiger charge is 2.29. The smallest absolute Gasteiger partial charge is 0.00374 e. The molecule has 0 aliphatic heterocycles. The lowest BCUT2D eigenvalue weighted by atomic mass is 9.71. The van der Waals surface area contributed by atoms with Crippen LogP contribution in [0.15, 0.2) is 72.8 Å². The van der Waals surface area contributed by atoms with Gasteiger partial charge in [0.2, 0.25) is 0 Å². The molecule has 0 bridgehead atoms. The second-order valence-electron chi connectivity index (χ2n) is 5.98. The zero-order valence-corrected chi connectivity index (χ0v) is 12.0. The first-order valence-corrected chi connectivity index (χ1v) is 7.62. The quantitative estimate of drug-likeness (QED) is 0.664. The molecule has 0 atom stereocenters. The summed E-state index contributed by atoms with van der Waals surface area (Å²) in [6.45, 7) is 0. The van der Waals surface area contributed by atoms with Gasteiger partial charge in [0.15, 0.2) is 0 Å². The van der Waals surface area contributed by atoms with E-state index in [0.29, 0.717) is 5.41 Å². The molecule has 0 radical (unpaired) electrons. The highest BCUT2D eigenvalue weighted by molar-refractivity contribution is 5.24. The van der Waals surface area contributed by atoms with Gasteiger partial charge in [0, 0.05) is 0 Å². The third-order valence-electron chi connectivity index (χ3n) is 4.31. The maximum Gasteiger partial charge on any atom is -0.00374 e. The minimum absolute atomic E-state index is 0.307. The molecule has 0 spiro atoms. The third kappa shape index (κ3) is 3.19. The lowest BCUT2D eigenvalue weighted by Crippen LogP contribution is -2.26. The van der Waals surface area contributed by atoms with Crippen molar-refractivity contribution in [3.05, 3.63) is 83.9 Å². The summed E-state index contributed by atoms with van der Waals surface area (Å²) in [4.78, 5) is 0. The maximum atomic E-state index is 2.48. The van der Waals surface area contributed by atoms with E-state index in [0.717, 1.165) is 12.8 Å². The number of rotatable bonds is 4. The fraction of sp³-hybridized carbons (Fsp3) is 0.300. The highest BCUT2D eigenvalue weighted by Crippen LogP contribution is 2.37. The van der Waals surface area contributed by atoms with Gasteiger partial charge in [-0.3, -0.25) is 0 Å². The third-order valence-corrected chi connectivity index (χ3v) is 4.31. The van der Waals surface area contributed by atoms with Gasteiger partial charge < -0.3 is 0 Å². The first-order valence-electron chi connectivity index (χ1n) is 7.62. The van der Waals surface area contributed by atoms with Crippen LogP contribution in [0, 0.1) is 5.41 Å². The summed E-state index contributed by atoms with van der Waals surface area (Å²) in [7, 11) is 0. The monoisotopic (exact) mass is 262 g/mol. The Morgan fingerprint density at radius 2 is 1.30 bits per heavy atom. The molecule has 0 aromatic heterocycles. The molecule has 3 rings (SSSR count). The van der Waals surface area contributed by atoms with Crippen molar-refractivity contribution in [1.82, 2.24) is 0 Å². The van der Waals surface area contributed by atoms with Crippen LogP contribution in [0.2, 0.25) is 0 Å². The van der Waals surface area contributed by atoms with E-state index >= 15 is 0 Å². The van der Waals surface area contributed by atoms with Gasteiger partial charge in [-0.15, -0.1) is 0 Å². The summed E-state index contributed by atoms with van der Waals surface area (Å²) in [6.07, 6.45) is 11.0. The molecular weight excluding hydrogens is 240 g/mol. The van der Waals surface area contributed by atoms with Crippen molar-refractivity contribution in [3.8, 4) is 0 Å². The Balaban J connectivity index is 1.85. The van der Waals surface area contributed by atoms with Crippen LogP contribution in [0.5, 0.6) is 0 Å². The first-order chi connectivity index (χ1) is 9.86. The summed E-state index contributed by atoms with van der Waals surface area (Å²) in [5.74, 6) is 0. The Bertz CT molecular complexity index is 510. The Labute approximate surface area is 122 Å². The fourth-order valence-corrected chi connectivity index (χ4v) is 3.35. The summed E-state index contributed by atoms with van der Waals surface area (Å²) >= 11 is 0. The molecule has 0 nitrogen and oxygen atoms in total. The van der Waals surface area contributed by atoms with Gasteiger partial charge >= 0.3 is 0 Å². The molecule has 102 valence electrons. The lowest BCUT2D eigenvalue weighted by Gasteiger charge is -2.34. The van der Waals surface area contributed by atoms with Crippen LogP contribution in [-0.4, -0.2) is 0 Å². The standard InChI is InChI=1S/C20H22/c1-4-10-18(11-5-1)16-20(14-8-3-9-15-20)17-19-12-6-2-7-13-19/h1-2,4-8,10-14H,3,9,15-17H2. The summed E-state index contributed by atoms with van der Waals surface area (Å²) in [6, 6.07) is 21.8. The normalized spacial score (nSPS) is 17.0. The van der Waals surface area contributed by atoms with Crippen molar-refractivity contribution in [2.45, 2.75) is 32.1 Å². The van der Waals surface area contributed by atoms with Crippen molar-refractivity contribution < 1.29 is 0 Å². The van der Waals surface area contributed by atoms with E-state index < -0.39 is 0 Å². The molecule has 1 aliphatic rings. The van der Waals surface area contributed by atoms with Gasteiger partial charge in [-0.2, -0.15) is 0 Å². The van der Waals surface area contributed by atoms with E-state index in [1.165, 1.54) is 30.4 Å². The Hall–Kier alpha value is -1.82. The molecule has 20 heavy (non-hydrogen) atoms. The fourth-order valence-electron chi connectivity index (χ4n) is 3.35. The number of allylic oxidation sites excluding steroid dienone is 2. The van der Waals surface area contributed by atoms with Crippen LogP contribution < -0.4 is 0 Å². The molecule has 2 aromatic rings. The molecule has 0 heterocycles. The molecule has 0 saturated carbocycles. The summed E-state index contributed by atoms with van der Waals surface area (Å²) in [5.41, 5.74) is 3.21. The lowest BCUT2D eigenvalue weighted by molar-refractivity contribution is 0.322. The minimum atomic E-state index is 0.307. The highest BCUT2D eigenvalue weighted by atomic mass is 14.3. The van der Waals surface area contributed by atoms with Gasteiger partial charge in [-0.25, -0.2) is 0 Å². The molecule has 0 amide bonds. The van der Waals surface area contributed by atoms with E-state index in [2.05, 4.69) is 72.8 Å². The molecule has 0 N–H and O–H groups in total. The van der Waals surface area contributed by atoms with E-state index in [-0.39, 0.29) is 0 Å². The zero-order valence-electron chi connectivity index (χ0n) is 12.0. The summed E-state index contributed by atoms with van der Waals surface area (Å²) in [5, 5.41) is 0. The van der Waals surface area contributed by atoms with Gasteiger partial charge in [0.05, 0.1) is 0 Å². The van der Waals surface area contributed by atoms with Crippen molar-refractivity contribution in [2.75, 3.05) is 0 Å². The summed E-state index contributed by atoms with van der Waals surface area (Å²) < 4.78 is 0. The molecule has 0 unspecified atom stereocenters. The number of hydrogen-bond acceptors (Lipinski definition) is 0. The second-order valence-corrected chi connectivity index (χ2v) is 5.98. The predicted octanol–water partition coefficient (Wildman–Crippen LogP) is 5.20. The van der Waals surface area contributed by atoms with Crippen LogP contribution in [0.3, 0.4) is 0 Å². The van der Waals surface area contributed by atoms with Crippen molar-refractivity contribution in [3.63, 3.8) is 0 Å². The Kier molecular flexibility index (Phi) is 4.01. The van der Waals surface area contributed by atoms with Crippen LogP contribution in [0.25, 0.3) is 0 Å². The zero-order chi connectivity index (χ0) is 13.7. The Morgan fingerprint density at radius 1 is 0.750 bits per heavy atom. The average Bonchev–Trinajstić information content (AvgIpc) is 2.50. The molecule has 0 heteroatoms. The van der Waals surface area contributed by atoms with E-state index in [1.807, 2.05) is 0 Å². The largest absolute Gasteiger partial charge is 0.0880 e. The van der Waals surface area contributed by atoms with E-state index in [4.69, 9.17) is 0 Å². The van der Waals surface area contributed by atoms with Crippen LogP contribution in [0.4, 0.5) is 0 Å². The van der Waals surface area contributed by atoms with Crippen molar-refractivity contribution in [1.29, 1.82) is 0 Å². The number of benzene rings is 2. The molecule has 2 aromatic carbocycles. The van der Waals surface area contributed by atoms with E-state index in [9.17, 15) is 0 Å². The van der Waals surface area contributed by atoms with Gasteiger partial charge in [-0.05, 0) is 48.6 Å². The van der Waals surface area contributed by atoms with Gasteiger partial charge in [-0.1, -0.05) is 72.8 Å². The van der Waals surface area contributed by atoms with E-state index in [1.54, 1.807) is 0 Å². The Morgan fingerprint density at radius 3 is 1.75 bits per heavy atom. The molecule has 0 saturated heterocycles. The maximum absolute atomic E-state index is 2.48. The minimum Gasteiger partial charge on any atom is -0.0880 e. The molecule has 1 aliphatic carbocycles. The molecule has 0 fully saturated rings. The van der Waals surface area contributed by atoms with Crippen LogP contribution >= 0.6 is 0 Å². The second kappa shape index (κ2) is 6.09. The van der Waals surface area contributed by atoms with Crippen LogP contribution in [0.1, 0.15) is 30.4 Å². The van der Waals surface area contributed by atoms with Crippen LogP contribution in [-0.2, 0) is 12.8 Å². The first kappa shape index (κ1) is 13.2. The molecular formula is C20H22. The van der Waals surface area contributed by atoms with Gasteiger partial charge in [0.25, 0.3) is 0 Å². The average molecular weight is 262 g/mol. The van der Waals surface area contributed by atoms with Crippen molar-refractivity contribution in [2.24, 2.45) is 5.41 Å². The van der Waals surface area contributed by atoms with Crippen molar-refractivity contribution >= 4 is 0 Å². The number of hydrogen-bond donors (Lipinski definition) is 0. The predicted molar refractivity (Wildman–Crippen MR) is 85.7 cm³/mol.